The highest BCUT2D eigenvalue weighted by Gasteiger charge is 2.36. The molecule has 0 aliphatic carbocycles. The molecule has 1 aromatic carbocycles. The van der Waals surface area contributed by atoms with Crippen LogP contribution in [0, 0.1) is 5.82 Å². The number of nitrogens with one attached hydrogen (secondary N) is 2. The van der Waals surface area contributed by atoms with Crippen LogP contribution in [0.4, 0.5) is 10.1 Å². The smallest absolute Gasteiger partial charge is 0.191 e. The summed E-state index contributed by atoms with van der Waals surface area (Å²) in [6.07, 6.45) is 7.38. The average Bonchev–Trinajstić information content (AvgIpc) is 2.74. The Kier molecular flexibility index (Phi) is 7.33. The number of aliphatic hydroxyl groups excluding tert-OH is 1. The second-order valence-corrected chi connectivity index (χ2v) is 9.42. The first-order valence-electron chi connectivity index (χ1n) is 12.0. The first kappa shape index (κ1) is 22.3. The maximum absolute atomic E-state index is 14.8. The number of nitrogens with zero attached hydrogens (tertiary/aromatic N) is 3. The molecule has 3 N–H and O–H groups in total. The van der Waals surface area contributed by atoms with Gasteiger partial charge in [-0.05, 0) is 70.2 Å². The van der Waals surface area contributed by atoms with Crippen molar-refractivity contribution in [1.82, 2.24) is 15.5 Å². The van der Waals surface area contributed by atoms with E-state index in [0.717, 1.165) is 30.9 Å². The van der Waals surface area contributed by atoms with Crippen molar-refractivity contribution >= 4 is 11.6 Å². The van der Waals surface area contributed by atoms with E-state index in [2.05, 4.69) is 29.5 Å². The number of benzene rings is 1. The Morgan fingerprint density at radius 3 is 2.52 bits per heavy atom. The minimum absolute atomic E-state index is 0.204. The Morgan fingerprint density at radius 1 is 1.16 bits per heavy atom. The highest BCUT2D eigenvalue weighted by atomic mass is 19.1. The van der Waals surface area contributed by atoms with Crippen molar-refractivity contribution in [3.8, 4) is 0 Å². The van der Waals surface area contributed by atoms with Gasteiger partial charge in [0, 0.05) is 37.8 Å². The molecule has 1 aromatic rings. The van der Waals surface area contributed by atoms with Crippen LogP contribution in [0.3, 0.4) is 0 Å². The molecular weight excluding hydrogens is 393 g/mol. The van der Waals surface area contributed by atoms with Gasteiger partial charge in [0.25, 0.3) is 0 Å². The van der Waals surface area contributed by atoms with E-state index in [0.29, 0.717) is 56.3 Å². The fourth-order valence-corrected chi connectivity index (χ4v) is 5.43. The molecule has 6 nitrogen and oxygen atoms in total. The van der Waals surface area contributed by atoms with Crippen LogP contribution in [0.25, 0.3) is 0 Å². The monoisotopic (exact) mass is 431 g/mol. The average molecular weight is 432 g/mol. The van der Waals surface area contributed by atoms with Crippen LogP contribution in [0.5, 0.6) is 0 Å². The lowest BCUT2D eigenvalue weighted by Crippen LogP contribution is -2.56. The van der Waals surface area contributed by atoms with Gasteiger partial charge in [0.15, 0.2) is 5.96 Å². The number of rotatable bonds is 5. The normalized spacial score (nSPS) is 27.9. The van der Waals surface area contributed by atoms with E-state index in [9.17, 15) is 9.50 Å². The van der Waals surface area contributed by atoms with Gasteiger partial charge < -0.3 is 25.5 Å². The number of hydrogen-bond acceptors (Lipinski definition) is 4. The van der Waals surface area contributed by atoms with Gasteiger partial charge in [0.05, 0.1) is 18.3 Å². The molecule has 3 saturated heterocycles. The van der Waals surface area contributed by atoms with E-state index in [1.165, 1.54) is 19.3 Å². The molecule has 7 heteroatoms. The first-order chi connectivity index (χ1) is 15.0. The van der Waals surface area contributed by atoms with Crippen molar-refractivity contribution in [3.63, 3.8) is 0 Å². The lowest BCUT2D eigenvalue weighted by molar-refractivity contribution is 0.0526. The number of anilines is 1. The third-order valence-electron chi connectivity index (χ3n) is 7.26. The molecule has 4 rings (SSSR count). The van der Waals surface area contributed by atoms with Crippen LogP contribution in [0.2, 0.25) is 0 Å². The summed E-state index contributed by atoms with van der Waals surface area (Å²) in [5, 5.41) is 16.7. The number of guanidine groups is 1. The summed E-state index contributed by atoms with van der Waals surface area (Å²) in [5.74, 6) is 0.620. The van der Waals surface area contributed by atoms with Gasteiger partial charge in [0.1, 0.15) is 5.82 Å². The third kappa shape index (κ3) is 5.50. The molecule has 2 bridgehead atoms. The topological polar surface area (TPSA) is 63.1 Å². The highest BCUT2D eigenvalue weighted by molar-refractivity contribution is 5.80. The zero-order valence-corrected chi connectivity index (χ0v) is 19.0. The Labute approximate surface area is 185 Å². The predicted octanol–water partition coefficient (Wildman–Crippen LogP) is 2.86. The van der Waals surface area contributed by atoms with Crippen LogP contribution >= 0.6 is 0 Å². The van der Waals surface area contributed by atoms with Crippen LogP contribution in [0.1, 0.15) is 57.4 Å². The lowest BCUT2D eigenvalue weighted by Gasteiger charge is -2.47. The third-order valence-corrected chi connectivity index (χ3v) is 7.26. The van der Waals surface area contributed by atoms with E-state index in [-0.39, 0.29) is 11.9 Å². The summed E-state index contributed by atoms with van der Waals surface area (Å²) in [6, 6.07) is 7.22. The lowest BCUT2D eigenvalue weighted by atomic mass is 9.82. The summed E-state index contributed by atoms with van der Waals surface area (Å²) in [7, 11) is 2.27. The Bertz CT molecular complexity index is 750. The Morgan fingerprint density at radius 2 is 1.87 bits per heavy atom. The van der Waals surface area contributed by atoms with Gasteiger partial charge in [0.2, 0.25) is 0 Å². The van der Waals surface area contributed by atoms with E-state index < -0.39 is 0 Å². The standard InChI is InChI=1S/C24H38FN5O/c1-3-26-24(28-18-14-19-5-4-6-20(15-18)29(19)2)27-16-17-7-8-23(22(25)13-17)30-11-9-21(31)10-12-30/h7-8,13,18-21,31H,3-6,9-12,14-16H2,1-2H3,(H2,26,27,28). The summed E-state index contributed by atoms with van der Waals surface area (Å²) in [5.41, 5.74) is 1.50. The van der Waals surface area contributed by atoms with Gasteiger partial charge in [-0.25, -0.2) is 9.38 Å². The Hall–Kier alpha value is -1.86. The van der Waals surface area contributed by atoms with E-state index in [1.807, 2.05) is 17.0 Å². The molecule has 31 heavy (non-hydrogen) atoms. The van der Waals surface area contributed by atoms with E-state index in [4.69, 9.17) is 4.99 Å². The fraction of sp³-hybridized carbons (Fsp3) is 0.708. The highest BCUT2D eigenvalue weighted by Crippen LogP contribution is 2.32. The molecule has 0 radical (unpaired) electrons. The van der Waals surface area contributed by atoms with Crippen molar-refractivity contribution in [3.05, 3.63) is 29.6 Å². The van der Waals surface area contributed by atoms with E-state index >= 15 is 0 Å². The van der Waals surface area contributed by atoms with E-state index in [1.54, 1.807) is 6.07 Å². The zero-order valence-electron chi connectivity index (χ0n) is 19.0. The number of piperidine rings is 3. The van der Waals surface area contributed by atoms with Crippen LogP contribution < -0.4 is 15.5 Å². The molecule has 0 saturated carbocycles. The van der Waals surface area contributed by atoms with Crippen molar-refractivity contribution < 1.29 is 9.50 Å². The quantitative estimate of drug-likeness (QED) is 0.494. The number of aliphatic hydroxyl groups is 1. The number of aliphatic imine (C=N–C) groups is 1. The number of fused-ring (bicyclic) bond motifs is 2. The maximum atomic E-state index is 14.8. The molecule has 2 unspecified atom stereocenters. The van der Waals surface area contributed by atoms with Crippen molar-refractivity contribution in [2.24, 2.45) is 4.99 Å². The fourth-order valence-electron chi connectivity index (χ4n) is 5.43. The van der Waals surface area contributed by atoms with Gasteiger partial charge >= 0.3 is 0 Å². The number of halogens is 1. The van der Waals surface area contributed by atoms with Crippen LogP contribution in [-0.4, -0.2) is 66.9 Å². The molecular formula is C24H38FN5O. The van der Waals surface area contributed by atoms with Crippen LogP contribution in [0.15, 0.2) is 23.2 Å². The first-order valence-corrected chi connectivity index (χ1v) is 12.0. The second-order valence-electron chi connectivity index (χ2n) is 9.42. The van der Waals surface area contributed by atoms with Gasteiger partial charge in [-0.2, -0.15) is 0 Å². The molecule has 0 amide bonds. The second kappa shape index (κ2) is 10.2. The van der Waals surface area contributed by atoms with Gasteiger partial charge in [-0.1, -0.05) is 12.5 Å². The molecule has 2 atom stereocenters. The molecule has 3 fully saturated rings. The molecule has 172 valence electrons. The largest absolute Gasteiger partial charge is 0.393 e. The maximum Gasteiger partial charge on any atom is 0.191 e. The Balaban J connectivity index is 1.37. The zero-order chi connectivity index (χ0) is 21.8. The van der Waals surface area contributed by atoms with Gasteiger partial charge in [-0.3, -0.25) is 0 Å². The summed E-state index contributed by atoms with van der Waals surface area (Å²) < 4.78 is 14.8. The molecule has 3 aliphatic rings. The van der Waals surface area contributed by atoms with Gasteiger partial charge in [-0.15, -0.1) is 0 Å². The van der Waals surface area contributed by atoms with Crippen molar-refractivity contribution in [2.75, 3.05) is 31.6 Å². The summed E-state index contributed by atoms with van der Waals surface area (Å²) >= 11 is 0. The molecule has 0 aromatic heterocycles. The summed E-state index contributed by atoms with van der Waals surface area (Å²) in [4.78, 5) is 9.35. The van der Waals surface area contributed by atoms with Crippen LogP contribution in [-0.2, 0) is 6.54 Å². The minimum Gasteiger partial charge on any atom is -0.393 e. The minimum atomic E-state index is -0.256. The van der Waals surface area contributed by atoms with Crippen molar-refractivity contribution in [2.45, 2.75) is 82.6 Å². The SMILES string of the molecule is CCNC(=NCc1ccc(N2CCC(O)CC2)c(F)c1)NC1CC2CCCC(C1)N2C. The molecule has 3 heterocycles. The molecule has 0 spiro atoms. The number of hydrogen-bond donors (Lipinski definition) is 3. The summed E-state index contributed by atoms with van der Waals surface area (Å²) in [6.45, 7) is 4.72. The van der Waals surface area contributed by atoms with Crippen molar-refractivity contribution in [1.29, 1.82) is 0 Å². The molecule has 3 aliphatic heterocycles. The predicted molar refractivity (Wildman–Crippen MR) is 124 cm³/mol.